The zero-order valence-corrected chi connectivity index (χ0v) is 11.5. The Balaban J connectivity index is 2.88. The van der Waals surface area contributed by atoms with E-state index in [4.69, 9.17) is 10.5 Å². The predicted molar refractivity (Wildman–Crippen MR) is 69.6 cm³/mol. The molecule has 20 heavy (non-hydrogen) atoms. The van der Waals surface area contributed by atoms with Crippen LogP contribution in [0.3, 0.4) is 0 Å². The van der Waals surface area contributed by atoms with E-state index in [1.807, 2.05) is 0 Å². The molecule has 1 aromatic rings. The van der Waals surface area contributed by atoms with Gasteiger partial charge in [0, 0.05) is 11.3 Å². The molecule has 0 spiro atoms. The first-order valence-corrected chi connectivity index (χ1v) is 5.90. The van der Waals surface area contributed by atoms with Gasteiger partial charge in [-0.15, -0.1) is 0 Å². The molecule has 0 aliphatic rings. The molecule has 0 atom stereocenters. The third-order valence-corrected chi connectivity index (χ3v) is 2.51. The summed E-state index contributed by atoms with van der Waals surface area (Å²) < 4.78 is 41.1. The van der Waals surface area contributed by atoms with Crippen LogP contribution >= 0.6 is 0 Å². The van der Waals surface area contributed by atoms with Gasteiger partial charge in [0.15, 0.2) is 6.61 Å². The van der Waals surface area contributed by atoms with E-state index in [2.05, 4.69) is 5.32 Å². The summed E-state index contributed by atoms with van der Waals surface area (Å²) in [6.07, 6.45) is -4.41. The van der Waals surface area contributed by atoms with Gasteiger partial charge in [0.05, 0.1) is 5.54 Å². The summed E-state index contributed by atoms with van der Waals surface area (Å²) in [5.41, 5.74) is 5.33. The predicted octanol–water partition coefficient (Wildman–Crippen LogP) is 2.61. The van der Waals surface area contributed by atoms with E-state index in [1.165, 1.54) is 26.0 Å². The van der Waals surface area contributed by atoms with Crippen LogP contribution in [0.25, 0.3) is 0 Å². The van der Waals surface area contributed by atoms with Gasteiger partial charge in [-0.1, -0.05) is 6.07 Å². The highest BCUT2D eigenvalue weighted by molar-refractivity contribution is 5.98. The van der Waals surface area contributed by atoms with Crippen LogP contribution in [0.1, 0.15) is 19.4 Å². The van der Waals surface area contributed by atoms with Gasteiger partial charge < -0.3 is 15.8 Å². The molecule has 0 fully saturated rings. The Labute approximate surface area is 115 Å². The fraction of sp³-hybridized carbons (Fsp3) is 0.462. The van der Waals surface area contributed by atoms with Gasteiger partial charge in [-0.25, -0.2) is 0 Å². The van der Waals surface area contributed by atoms with Crippen LogP contribution in [0.5, 0.6) is 5.75 Å². The quantitative estimate of drug-likeness (QED) is 0.896. The number of nitrogens with one attached hydrogen (secondary N) is 1. The highest BCUT2D eigenvalue weighted by Crippen LogP contribution is 2.27. The molecule has 0 saturated heterocycles. The Morgan fingerprint density at radius 1 is 1.35 bits per heavy atom. The number of carbonyl (C=O) groups excluding carboxylic acids is 1. The molecule has 3 N–H and O–H groups in total. The van der Waals surface area contributed by atoms with Gasteiger partial charge in [0.1, 0.15) is 5.75 Å². The lowest BCUT2D eigenvalue weighted by molar-refractivity contribution is -0.153. The molecule has 7 heteroatoms. The number of anilines is 1. The van der Waals surface area contributed by atoms with E-state index in [0.29, 0.717) is 11.3 Å². The van der Waals surface area contributed by atoms with E-state index in [9.17, 15) is 18.0 Å². The lowest BCUT2D eigenvalue weighted by atomic mass is 10.1. The molecule has 0 aliphatic carbocycles. The molecule has 4 nitrogen and oxygen atoms in total. The highest BCUT2D eigenvalue weighted by Gasteiger charge is 2.29. The Morgan fingerprint density at radius 3 is 2.45 bits per heavy atom. The van der Waals surface area contributed by atoms with Gasteiger partial charge in [0.2, 0.25) is 5.91 Å². The first-order valence-electron chi connectivity index (χ1n) is 5.90. The van der Waals surface area contributed by atoms with Crippen LogP contribution in [0.2, 0.25) is 0 Å². The van der Waals surface area contributed by atoms with Crippen molar-refractivity contribution in [2.24, 2.45) is 5.73 Å². The smallest absolute Gasteiger partial charge is 0.422 e. The SMILES string of the molecule is Cc1c(NC(=O)C(C)(C)N)cccc1OCC(F)(F)F. The van der Waals surface area contributed by atoms with Gasteiger partial charge >= 0.3 is 6.18 Å². The molecule has 0 saturated carbocycles. The molecular weight excluding hydrogens is 273 g/mol. The maximum atomic E-state index is 12.1. The van der Waals surface area contributed by atoms with Crippen molar-refractivity contribution in [1.82, 2.24) is 0 Å². The van der Waals surface area contributed by atoms with Crippen LogP contribution in [0.4, 0.5) is 18.9 Å². The Kier molecular flexibility index (Phi) is 4.65. The maximum Gasteiger partial charge on any atom is 0.422 e. The summed E-state index contributed by atoms with van der Waals surface area (Å²) in [5, 5.41) is 2.56. The molecule has 0 heterocycles. The van der Waals surface area contributed by atoms with Crippen molar-refractivity contribution < 1.29 is 22.7 Å². The fourth-order valence-electron chi connectivity index (χ4n) is 1.35. The second kappa shape index (κ2) is 5.70. The summed E-state index contributed by atoms with van der Waals surface area (Å²) in [5.74, 6) is -0.372. The number of nitrogens with two attached hydrogens (primary N) is 1. The molecule has 0 radical (unpaired) electrons. The number of amides is 1. The van der Waals surface area contributed by atoms with E-state index < -0.39 is 24.2 Å². The Morgan fingerprint density at radius 2 is 1.95 bits per heavy atom. The van der Waals surface area contributed by atoms with Crippen molar-refractivity contribution >= 4 is 11.6 Å². The van der Waals surface area contributed by atoms with E-state index in [-0.39, 0.29) is 5.75 Å². The zero-order chi connectivity index (χ0) is 15.6. The van der Waals surface area contributed by atoms with Crippen molar-refractivity contribution in [2.45, 2.75) is 32.5 Å². The standard InChI is InChI=1S/C13H17F3N2O2/c1-8-9(18-11(19)12(2,3)17)5-4-6-10(8)20-7-13(14,15)16/h4-6H,7,17H2,1-3H3,(H,18,19). The van der Waals surface area contributed by atoms with Crippen LogP contribution in [0, 0.1) is 6.92 Å². The fourth-order valence-corrected chi connectivity index (χ4v) is 1.35. The number of carbonyl (C=O) groups is 1. The monoisotopic (exact) mass is 290 g/mol. The van der Waals surface area contributed by atoms with Crippen molar-refractivity contribution in [3.8, 4) is 5.75 Å². The van der Waals surface area contributed by atoms with Gasteiger partial charge in [-0.05, 0) is 32.9 Å². The lowest BCUT2D eigenvalue weighted by Gasteiger charge is -2.20. The first kappa shape index (κ1) is 16.3. The minimum atomic E-state index is -4.41. The largest absolute Gasteiger partial charge is 0.484 e. The topological polar surface area (TPSA) is 64.4 Å². The summed E-state index contributed by atoms with van der Waals surface area (Å²) in [6.45, 7) is 3.24. The third kappa shape index (κ3) is 4.73. The molecule has 0 bridgehead atoms. The molecule has 112 valence electrons. The van der Waals surface area contributed by atoms with Crippen molar-refractivity contribution in [1.29, 1.82) is 0 Å². The molecule has 1 rings (SSSR count). The highest BCUT2D eigenvalue weighted by atomic mass is 19.4. The van der Waals surface area contributed by atoms with Crippen LogP contribution in [0.15, 0.2) is 18.2 Å². The van der Waals surface area contributed by atoms with Crippen molar-refractivity contribution in [3.63, 3.8) is 0 Å². The number of hydrogen-bond donors (Lipinski definition) is 2. The number of benzene rings is 1. The van der Waals surface area contributed by atoms with E-state index >= 15 is 0 Å². The summed E-state index contributed by atoms with van der Waals surface area (Å²) in [6, 6.07) is 4.47. The molecule has 0 unspecified atom stereocenters. The average molecular weight is 290 g/mol. The molecular formula is C13H17F3N2O2. The minimum Gasteiger partial charge on any atom is -0.484 e. The second-order valence-electron chi connectivity index (χ2n) is 5.01. The maximum absolute atomic E-state index is 12.1. The molecule has 1 aromatic carbocycles. The zero-order valence-electron chi connectivity index (χ0n) is 11.5. The van der Waals surface area contributed by atoms with Crippen molar-refractivity contribution in [2.75, 3.05) is 11.9 Å². The summed E-state index contributed by atoms with van der Waals surface area (Å²) in [7, 11) is 0. The van der Waals surface area contributed by atoms with Crippen LogP contribution in [-0.4, -0.2) is 24.2 Å². The normalized spacial score (nSPS) is 12.2. The van der Waals surface area contributed by atoms with Gasteiger partial charge in [-0.2, -0.15) is 13.2 Å². The number of rotatable bonds is 4. The number of ether oxygens (including phenoxy) is 1. The number of hydrogen-bond acceptors (Lipinski definition) is 3. The van der Waals surface area contributed by atoms with Crippen LogP contribution in [-0.2, 0) is 4.79 Å². The third-order valence-electron chi connectivity index (χ3n) is 2.51. The Hall–Kier alpha value is -1.76. The number of halogens is 3. The van der Waals surface area contributed by atoms with Crippen LogP contribution < -0.4 is 15.8 Å². The number of alkyl halides is 3. The molecule has 0 aliphatic heterocycles. The summed E-state index contributed by atoms with van der Waals surface area (Å²) >= 11 is 0. The average Bonchev–Trinajstić information content (AvgIpc) is 2.27. The summed E-state index contributed by atoms with van der Waals surface area (Å²) in [4.78, 5) is 11.8. The first-order chi connectivity index (χ1) is 9.00. The van der Waals surface area contributed by atoms with Crippen molar-refractivity contribution in [3.05, 3.63) is 23.8 Å². The van der Waals surface area contributed by atoms with Gasteiger partial charge in [0.25, 0.3) is 0 Å². The lowest BCUT2D eigenvalue weighted by Crippen LogP contribution is -2.45. The van der Waals surface area contributed by atoms with Gasteiger partial charge in [-0.3, -0.25) is 4.79 Å². The minimum absolute atomic E-state index is 0.0648. The van der Waals surface area contributed by atoms with E-state index in [0.717, 1.165) is 0 Å². The Bertz CT molecular complexity index is 493. The second-order valence-corrected chi connectivity index (χ2v) is 5.01. The molecule has 1 amide bonds. The van der Waals surface area contributed by atoms with E-state index in [1.54, 1.807) is 13.0 Å². The molecule has 0 aromatic heterocycles.